The van der Waals surface area contributed by atoms with Crippen LogP contribution in [0.2, 0.25) is 0 Å². The third kappa shape index (κ3) is 8.15. The molecule has 1 unspecified atom stereocenters. The molecule has 0 aliphatic rings. The quantitative estimate of drug-likeness (QED) is 0.173. The molecule has 0 saturated heterocycles. The maximum atomic E-state index is 14.8. The van der Waals surface area contributed by atoms with Gasteiger partial charge in [-0.2, -0.15) is 22.8 Å². The smallest absolute Gasteiger partial charge is 0.428 e. The zero-order valence-corrected chi connectivity index (χ0v) is 21.3. The Kier molecular flexibility index (Phi) is 10.4. The van der Waals surface area contributed by atoms with E-state index in [0.29, 0.717) is 37.3 Å². The summed E-state index contributed by atoms with van der Waals surface area (Å²) in [4.78, 5) is 13.1. The molecular weight excluding hydrogens is 536 g/mol. The van der Waals surface area contributed by atoms with E-state index in [1.54, 1.807) is 30.3 Å². The standard InChI is InChI=1S/C29H27F6N3O2/c30-23-12-10-21(11-13-23)28(19-20-8-4-3-5-9-20,38-27(39)37-15-7-2-1-6-14-36)22-16-24(31)18-25(17-22)40-29(34,35)26(32)33/h3-5,8-13,16-18,26H,1-2,6-7,15,19H2,(H2,37,38,39). The summed E-state index contributed by atoms with van der Waals surface area (Å²) in [6.07, 6.45) is -6.85. The van der Waals surface area contributed by atoms with Crippen LogP contribution >= 0.6 is 0 Å². The number of halogens is 6. The first-order chi connectivity index (χ1) is 19.1. The van der Waals surface area contributed by atoms with E-state index >= 15 is 0 Å². The number of urea groups is 1. The van der Waals surface area contributed by atoms with Crippen LogP contribution in [-0.4, -0.2) is 25.1 Å². The number of hydrogen-bond donors (Lipinski definition) is 2. The van der Waals surface area contributed by atoms with Gasteiger partial charge in [0.2, 0.25) is 0 Å². The highest BCUT2D eigenvalue weighted by Gasteiger charge is 2.45. The Hall–Kier alpha value is -4.20. The second-order valence-electron chi connectivity index (χ2n) is 9.06. The van der Waals surface area contributed by atoms with Gasteiger partial charge in [-0.15, -0.1) is 0 Å². The normalized spacial score (nSPS) is 12.8. The Morgan fingerprint density at radius 2 is 1.60 bits per heavy atom. The molecule has 0 aliphatic heterocycles. The SMILES string of the molecule is N#CCCCCCNC(=O)NC(Cc1ccccc1)(c1ccc(F)cc1)c1cc(F)cc(OC(F)(F)C(F)F)c1. The van der Waals surface area contributed by atoms with E-state index < -0.39 is 41.5 Å². The minimum absolute atomic E-state index is 0.0524. The number of unbranched alkanes of at least 4 members (excludes halogenated alkanes) is 3. The highest BCUT2D eigenvalue weighted by molar-refractivity contribution is 5.76. The molecule has 0 spiro atoms. The summed E-state index contributed by atoms with van der Waals surface area (Å²) in [5.41, 5.74) is -0.889. The summed E-state index contributed by atoms with van der Waals surface area (Å²) in [6, 6.07) is 17.3. The molecule has 3 aromatic rings. The van der Waals surface area contributed by atoms with Crippen LogP contribution in [0.3, 0.4) is 0 Å². The van der Waals surface area contributed by atoms with Gasteiger partial charge in [-0.1, -0.05) is 48.9 Å². The van der Waals surface area contributed by atoms with Crippen LogP contribution in [0.1, 0.15) is 42.4 Å². The van der Waals surface area contributed by atoms with E-state index in [1.807, 2.05) is 6.07 Å². The number of amides is 2. The van der Waals surface area contributed by atoms with Crippen molar-refractivity contribution in [2.45, 2.75) is 50.2 Å². The number of benzene rings is 3. The van der Waals surface area contributed by atoms with Gasteiger partial charge in [0.15, 0.2) is 0 Å². The average Bonchev–Trinajstić information content (AvgIpc) is 2.90. The fourth-order valence-electron chi connectivity index (χ4n) is 4.21. The minimum Gasteiger partial charge on any atom is -0.428 e. The third-order valence-electron chi connectivity index (χ3n) is 6.10. The molecule has 212 valence electrons. The van der Waals surface area contributed by atoms with Crippen molar-refractivity contribution in [3.05, 3.63) is 101 Å². The molecule has 2 N–H and O–H groups in total. The lowest BCUT2D eigenvalue weighted by Gasteiger charge is -2.37. The molecule has 0 radical (unpaired) electrons. The molecule has 40 heavy (non-hydrogen) atoms. The number of carbonyl (C=O) groups is 1. The Morgan fingerprint density at radius 1 is 0.900 bits per heavy atom. The molecule has 0 saturated carbocycles. The molecule has 3 rings (SSSR count). The van der Waals surface area contributed by atoms with E-state index in [2.05, 4.69) is 15.4 Å². The predicted molar refractivity (Wildman–Crippen MR) is 136 cm³/mol. The molecular formula is C29H27F6N3O2. The van der Waals surface area contributed by atoms with Gasteiger partial charge >= 0.3 is 18.6 Å². The van der Waals surface area contributed by atoms with Crippen LogP contribution in [0.5, 0.6) is 5.75 Å². The van der Waals surface area contributed by atoms with Gasteiger partial charge < -0.3 is 15.4 Å². The summed E-state index contributed by atoms with van der Waals surface area (Å²) in [5.74, 6) is -2.57. The van der Waals surface area contributed by atoms with Crippen molar-refractivity contribution < 1.29 is 35.9 Å². The number of ether oxygens (including phenoxy) is 1. The number of carbonyl (C=O) groups excluding carboxylic acids is 1. The fraction of sp³-hybridized carbons (Fsp3) is 0.310. The van der Waals surface area contributed by atoms with E-state index in [1.165, 1.54) is 12.1 Å². The van der Waals surface area contributed by atoms with Crippen molar-refractivity contribution in [3.8, 4) is 11.8 Å². The van der Waals surface area contributed by atoms with Crippen LogP contribution in [0.25, 0.3) is 0 Å². The van der Waals surface area contributed by atoms with Gasteiger partial charge in [0, 0.05) is 25.5 Å². The minimum atomic E-state index is -4.90. The number of hydrogen-bond acceptors (Lipinski definition) is 3. The Balaban J connectivity index is 2.09. The summed E-state index contributed by atoms with van der Waals surface area (Å²) in [5, 5.41) is 14.1. The van der Waals surface area contributed by atoms with E-state index in [0.717, 1.165) is 24.3 Å². The molecule has 0 fully saturated rings. The average molecular weight is 564 g/mol. The van der Waals surface area contributed by atoms with Gasteiger partial charge in [-0.3, -0.25) is 0 Å². The highest BCUT2D eigenvalue weighted by Crippen LogP contribution is 2.37. The van der Waals surface area contributed by atoms with Gasteiger partial charge in [-0.25, -0.2) is 13.6 Å². The lowest BCUT2D eigenvalue weighted by molar-refractivity contribution is -0.253. The van der Waals surface area contributed by atoms with Crippen molar-refractivity contribution in [3.63, 3.8) is 0 Å². The second-order valence-corrected chi connectivity index (χ2v) is 9.06. The molecule has 3 aromatic carbocycles. The van der Waals surface area contributed by atoms with Crippen LogP contribution in [0.4, 0.5) is 31.1 Å². The predicted octanol–water partition coefficient (Wildman–Crippen LogP) is 7.07. The zero-order valence-electron chi connectivity index (χ0n) is 21.3. The lowest BCUT2D eigenvalue weighted by Crippen LogP contribution is -2.52. The first kappa shape index (κ1) is 30.3. The van der Waals surface area contributed by atoms with Crippen LogP contribution in [-0.2, 0) is 12.0 Å². The summed E-state index contributed by atoms with van der Waals surface area (Å²) < 4.78 is 86.0. The first-order valence-corrected chi connectivity index (χ1v) is 12.4. The number of nitriles is 1. The molecule has 0 aromatic heterocycles. The number of nitrogens with one attached hydrogen (secondary N) is 2. The van der Waals surface area contributed by atoms with Gasteiger partial charge in [0.25, 0.3) is 0 Å². The van der Waals surface area contributed by atoms with Crippen LogP contribution < -0.4 is 15.4 Å². The first-order valence-electron chi connectivity index (χ1n) is 12.4. The molecule has 0 aliphatic carbocycles. The van der Waals surface area contributed by atoms with E-state index in [4.69, 9.17) is 5.26 Å². The highest BCUT2D eigenvalue weighted by atomic mass is 19.3. The van der Waals surface area contributed by atoms with E-state index in [9.17, 15) is 31.1 Å². The van der Waals surface area contributed by atoms with Gasteiger partial charge in [0.05, 0.1) is 11.6 Å². The van der Waals surface area contributed by atoms with Gasteiger partial charge in [0.1, 0.15) is 17.4 Å². The third-order valence-corrected chi connectivity index (χ3v) is 6.10. The number of rotatable bonds is 13. The Bertz CT molecular complexity index is 1300. The van der Waals surface area contributed by atoms with Crippen molar-refractivity contribution in [2.75, 3.05) is 6.54 Å². The van der Waals surface area contributed by atoms with Crippen molar-refractivity contribution in [1.82, 2.24) is 10.6 Å². The molecule has 2 amide bonds. The summed E-state index contributed by atoms with van der Waals surface area (Å²) >= 11 is 0. The second kappa shape index (κ2) is 13.7. The van der Waals surface area contributed by atoms with Crippen LogP contribution in [0.15, 0.2) is 72.8 Å². The lowest BCUT2D eigenvalue weighted by atomic mass is 9.77. The van der Waals surface area contributed by atoms with E-state index in [-0.39, 0.29) is 24.1 Å². The maximum absolute atomic E-state index is 14.8. The zero-order chi connectivity index (χ0) is 29.2. The van der Waals surface area contributed by atoms with Crippen molar-refractivity contribution in [2.24, 2.45) is 0 Å². The number of alkyl halides is 4. The summed E-state index contributed by atoms with van der Waals surface area (Å²) in [7, 11) is 0. The number of nitrogens with zero attached hydrogens (tertiary/aromatic N) is 1. The molecule has 1 atom stereocenters. The molecule has 0 bridgehead atoms. The Morgan fingerprint density at radius 3 is 2.25 bits per heavy atom. The van der Waals surface area contributed by atoms with Crippen molar-refractivity contribution >= 4 is 6.03 Å². The molecule has 11 heteroatoms. The summed E-state index contributed by atoms with van der Waals surface area (Å²) in [6.45, 7) is 0.236. The Labute approximate surface area is 227 Å². The molecule has 0 heterocycles. The maximum Gasteiger partial charge on any atom is 0.461 e. The monoisotopic (exact) mass is 563 g/mol. The largest absolute Gasteiger partial charge is 0.461 e. The van der Waals surface area contributed by atoms with Gasteiger partial charge in [-0.05, 0) is 53.8 Å². The molecule has 5 nitrogen and oxygen atoms in total. The van der Waals surface area contributed by atoms with Crippen molar-refractivity contribution in [1.29, 1.82) is 5.26 Å². The fourth-order valence-corrected chi connectivity index (χ4v) is 4.21. The topological polar surface area (TPSA) is 74.2 Å². The van der Waals surface area contributed by atoms with Crippen LogP contribution in [0, 0.1) is 23.0 Å².